The zero-order valence-corrected chi connectivity index (χ0v) is 8.91. The minimum atomic E-state index is 0.432. The van der Waals surface area contributed by atoms with Crippen molar-refractivity contribution in [1.82, 2.24) is 19.9 Å². The second kappa shape index (κ2) is 3.79. The summed E-state index contributed by atoms with van der Waals surface area (Å²) >= 11 is 0. The number of anilines is 1. The Morgan fingerprint density at radius 1 is 1.00 bits per heavy atom. The van der Waals surface area contributed by atoms with Crippen LogP contribution in [0, 0.1) is 0 Å². The summed E-state index contributed by atoms with van der Waals surface area (Å²) in [4.78, 5) is 16.8. The van der Waals surface area contributed by atoms with E-state index in [9.17, 15) is 0 Å². The van der Waals surface area contributed by atoms with Crippen molar-refractivity contribution in [2.75, 3.05) is 5.73 Å². The highest BCUT2D eigenvalue weighted by Crippen LogP contribution is 2.20. The van der Waals surface area contributed by atoms with Gasteiger partial charge < -0.3 is 5.73 Å². The summed E-state index contributed by atoms with van der Waals surface area (Å²) in [5.41, 5.74) is 7.30. The second-order valence-electron chi connectivity index (χ2n) is 3.55. The highest BCUT2D eigenvalue weighted by molar-refractivity contribution is 5.86. The molecule has 3 heterocycles. The van der Waals surface area contributed by atoms with E-state index in [1.54, 1.807) is 18.6 Å². The van der Waals surface area contributed by atoms with Crippen LogP contribution in [0.5, 0.6) is 0 Å². The van der Waals surface area contributed by atoms with E-state index < -0.39 is 0 Å². The molecule has 5 heteroatoms. The van der Waals surface area contributed by atoms with E-state index in [1.165, 1.54) is 0 Å². The number of pyridine rings is 2. The highest BCUT2D eigenvalue weighted by Gasteiger charge is 2.07. The molecule has 2 N–H and O–H groups in total. The molecule has 0 aliphatic rings. The first-order valence-electron chi connectivity index (χ1n) is 5.13. The van der Waals surface area contributed by atoms with Crippen LogP contribution in [0.2, 0.25) is 0 Å². The maximum atomic E-state index is 5.88. The van der Waals surface area contributed by atoms with E-state index in [2.05, 4.69) is 19.9 Å². The number of hydrogen-bond donors (Lipinski definition) is 1. The first-order valence-corrected chi connectivity index (χ1v) is 5.13. The standard InChI is InChI=1S/C12H9N5/c13-10-9-4-2-6-15-12(9)17-11(16-10)8-3-1-5-14-7-8/h1-7H,(H2,13,15,16,17). The van der Waals surface area contributed by atoms with Crippen LogP contribution in [0.4, 0.5) is 5.82 Å². The van der Waals surface area contributed by atoms with E-state index >= 15 is 0 Å². The third-order valence-corrected chi connectivity index (χ3v) is 2.42. The van der Waals surface area contributed by atoms with Gasteiger partial charge in [0, 0.05) is 24.2 Å². The molecule has 0 aromatic carbocycles. The van der Waals surface area contributed by atoms with Crippen LogP contribution in [0.25, 0.3) is 22.4 Å². The molecule has 3 aromatic heterocycles. The van der Waals surface area contributed by atoms with Gasteiger partial charge in [0.1, 0.15) is 5.82 Å². The van der Waals surface area contributed by atoms with Gasteiger partial charge in [0.05, 0.1) is 5.39 Å². The van der Waals surface area contributed by atoms with Crippen LogP contribution < -0.4 is 5.73 Å². The summed E-state index contributed by atoms with van der Waals surface area (Å²) in [7, 11) is 0. The molecule has 0 saturated heterocycles. The molecular weight excluding hydrogens is 214 g/mol. The molecule has 0 unspecified atom stereocenters. The molecule has 0 saturated carbocycles. The predicted molar refractivity (Wildman–Crippen MR) is 65.0 cm³/mol. The van der Waals surface area contributed by atoms with Gasteiger partial charge in [-0.15, -0.1) is 0 Å². The van der Waals surface area contributed by atoms with Crippen LogP contribution in [0.1, 0.15) is 0 Å². The van der Waals surface area contributed by atoms with Crippen LogP contribution in [-0.2, 0) is 0 Å². The lowest BCUT2D eigenvalue weighted by Gasteiger charge is -2.03. The minimum Gasteiger partial charge on any atom is -0.383 e. The number of nitrogens with two attached hydrogens (primary N) is 1. The Morgan fingerprint density at radius 3 is 2.71 bits per heavy atom. The number of nitrogens with zero attached hydrogens (tertiary/aromatic N) is 4. The van der Waals surface area contributed by atoms with E-state index in [1.807, 2.05) is 24.3 Å². The molecule has 0 aliphatic carbocycles. The maximum absolute atomic E-state index is 5.88. The number of hydrogen-bond acceptors (Lipinski definition) is 5. The molecule has 0 atom stereocenters. The zero-order chi connectivity index (χ0) is 11.7. The quantitative estimate of drug-likeness (QED) is 0.679. The molecule has 0 bridgehead atoms. The van der Waals surface area contributed by atoms with Crippen molar-refractivity contribution in [3.8, 4) is 11.4 Å². The molecule has 0 fully saturated rings. The molecule has 0 spiro atoms. The van der Waals surface area contributed by atoms with Crippen molar-refractivity contribution >= 4 is 16.9 Å². The molecule has 17 heavy (non-hydrogen) atoms. The Balaban J connectivity index is 2.26. The Bertz CT molecular complexity index is 666. The van der Waals surface area contributed by atoms with Crippen LogP contribution in [-0.4, -0.2) is 19.9 Å². The minimum absolute atomic E-state index is 0.432. The lowest BCUT2D eigenvalue weighted by molar-refractivity contribution is 1.18. The first kappa shape index (κ1) is 9.65. The highest BCUT2D eigenvalue weighted by atomic mass is 15.0. The van der Waals surface area contributed by atoms with Gasteiger partial charge in [-0.05, 0) is 24.3 Å². The van der Waals surface area contributed by atoms with Gasteiger partial charge in [0.25, 0.3) is 0 Å². The molecule has 0 aliphatic heterocycles. The summed E-state index contributed by atoms with van der Waals surface area (Å²) in [6.45, 7) is 0. The SMILES string of the molecule is Nc1nc(-c2cccnc2)nc2ncccc12. The van der Waals surface area contributed by atoms with E-state index in [-0.39, 0.29) is 0 Å². The van der Waals surface area contributed by atoms with E-state index in [0.717, 1.165) is 10.9 Å². The monoisotopic (exact) mass is 223 g/mol. The fourth-order valence-corrected chi connectivity index (χ4v) is 1.61. The Kier molecular flexibility index (Phi) is 2.15. The fourth-order valence-electron chi connectivity index (χ4n) is 1.61. The maximum Gasteiger partial charge on any atom is 0.165 e. The molecule has 0 amide bonds. The molecule has 82 valence electrons. The number of aromatic nitrogens is 4. The van der Waals surface area contributed by atoms with Crippen LogP contribution >= 0.6 is 0 Å². The van der Waals surface area contributed by atoms with Crippen molar-refractivity contribution in [3.63, 3.8) is 0 Å². The van der Waals surface area contributed by atoms with Gasteiger partial charge in [-0.25, -0.2) is 15.0 Å². The van der Waals surface area contributed by atoms with Crippen molar-refractivity contribution in [2.24, 2.45) is 0 Å². The van der Waals surface area contributed by atoms with Gasteiger partial charge in [-0.3, -0.25) is 4.98 Å². The Hall–Kier alpha value is -2.56. The van der Waals surface area contributed by atoms with E-state index in [0.29, 0.717) is 17.3 Å². The lowest BCUT2D eigenvalue weighted by Crippen LogP contribution is -1.98. The second-order valence-corrected chi connectivity index (χ2v) is 3.55. The summed E-state index contributed by atoms with van der Waals surface area (Å²) in [6.07, 6.45) is 5.08. The molecule has 3 rings (SSSR count). The van der Waals surface area contributed by atoms with Gasteiger partial charge >= 0.3 is 0 Å². The Morgan fingerprint density at radius 2 is 1.88 bits per heavy atom. The van der Waals surface area contributed by atoms with Gasteiger partial charge in [0.15, 0.2) is 11.5 Å². The average molecular weight is 223 g/mol. The zero-order valence-electron chi connectivity index (χ0n) is 8.91. The summed E-state index contributed by atoms with van der Waals surface area (Å²) in [5, 5.41) is 0.764. The van der Waals surface area contributed by atoms with Crippen molar-refractivity contribution < 1.29 is 0 Å². The van der Waals surface area contributed by atoms with Crippen LogP contribution in [0.3, 0.4) is 0 Å². The largest absolute Gasteiger partial charge is 0.383 e. The van der Waals surface area contributed by atoms with Gasteiger partial charge in [-0.2, -0.15) is 0 Å². The predicted octanol–water partition coefficient (Wildman–Crippen LogP) is 1.67. The van der Waals surface area contributed by atoms with Gasteiger partial charge in [-0.1, -0.05) is 0 Å². The third kappa shape index (κ3) is 1.67. The Labute approximate surface area is 97.4 Å². The number of rotatable bonds is 1. The van der Waals surface area contributed by atoms with Crippen molar-refractivity contribution in [2.45, 2.75) is 0 Å². The smallest absolute Gasteiger partial charge is 0.165 e. The first-order chi connectivity index (χ1) is 8.34. The summed E-state index contributed by atoms with van der Waals surface area (Å²) in [6, 6.07) is 7.38. The molecule has 5 nitrogen and oxygen atoms in total. The molecule has 3 aromatic rings. The van der Waals surface area contributed by atoms with E-state index in [4.69, 9.17) is 5.73 Å². The molecular formula is C12H9N5. The fraction of sp³-hybridized carbons (Fsp3) is 0. The number of nitrogen functional groups attached to an aromatic ring is 1. The third-order valence-electron chi connectivity index (χ3n) is 2.42. The molecule has 0 radical (unpaired) electrons. The van der Waals surface area contributed by atoms with Crippen LogP contribution in [0.15, 0.2) is 42.9 Å². The number of fused-ring (bicyclic) bond motifs is 1. The average Bonchev–Trinajstić information content (AvgIpc) is 2.40. The lowest BCUT2D eigenvalue weighted by atomic mass is 10.2. The topological polar surface area (TPSA) is 77.6 Å². The van der Waals surface area contributed by atoms with Crippen molar-refractivity contribution in [3.05, 3.63) is 42.9 Å². The summed E-state index contributed by atoms with van der Waals surface area (Å²) < 4.78 is 0. The summed E-state index contributed by atoms with van der Waals surface area (Å²) in [5.74, 6) is 0.976. The van der Waals surface area contributed by atoms with Gasteiger partial charge in [0.2, 0.25) is 0 Å². The normalized spacial score (nSPS) is 10.6. The van der Waals surface area contributed by atoms with Crippen molar-refractivity contribution in [1.29, 1.82) is 0 Å².